The summed E-state index contributed by atoms with van der Waals surface area (Å²) in [5.74, 6) is -1.81. The van der Waals surface area contributed by atoms with Gasteiger partial charge in [0.25, 0.3) is 0 Å². The summed E-state index contributed by atoms with van der Waals surface area (Å²) in [6.45, 7) is 2.40. The number of hydrogen-bond acceptors (Lipinski definition) is 4. The molecule has 0 radical (unpaired) electrons. The maximum absolute atomic E-state index is 11.7. The Morgan fingerprint density at radius 2 is 2.00 bits per heavy atom. The molecule has 0 atom stereocenters. The summed E-state index contributed by atoms with van der Waals surface area (Å²) in [6.07, 6.45) is 1.16. The van der Waals surface area contributed by atoms with Crippen LogP contribution < -0.4 is 4.90 Å². The zero-order chi connectivity index (χ0) is 14.7. The van der Waals surface area contributed by atoms with Crippen molar-refractivity contribution in [2.24, 2.45) is 0 Å². The number of rotatable bonds is 4. The Hall–Kier alpha value is -2.37. The summed E-state index contributed by atoms with van der Waals surface area (Å²) < 4.78 is 4.87. The molecule has 1 aliphatic heterocycles. The number of carbonyl (C=O) groups is 3. The third-order valence-electron chi connectivity index (χ3n) is 3.06. The molecule has 0 bridgehead atoms. The van der Waals surface area contributed by atoms with Gasteiger partial charge in [0.05, 0.1) is 17.7 Å². The maximum atomic E-state index is 11.7. The normalized spacial score (nSPS) is 14.4. The molecule has 1 fully saturated rings. The Kier molecular flexibility index (Phi) is 4.02. The number of benzene rings is 1. The van der Waals surface area contributed by atoms with E-state index in [9.17, 15) is 14.4 Å². The fourth-order valence-corrected chi connectivity index (χ4v) is 2.14. The molecule has 0 spiro atoms. The molecule has 6 nitrogen and oxygen atoms in total. The van der Waals surface area contributed by atoms with Gasteiger partial charge in [-0.05, 0) is 31.5 Å². The molecule has 1 N–H and O–H groups in total. The molecule has 20 heavy (non-hydrogen) atoms. The van der Waals surface area contributed by atoms with Crippen molar-refractivity contribution >= 4 is 23.5 Å². The third-order valence-corrected chi connectivity index (χ3v) is 3.06. The number of carboxylic acid groups (broad SMARTS) is 1. The molecule has 0 unspecified atom stereocenters. The second kappa shape index (κ2) is 5.73. The number of hydrogen-bond donors (Lipinski definition) is 1. The minimum atomic E-state index is -1.15. The first kappa shape index (κ1) is 14.0. The molecule has 0 aliphatic carbocycles. The highest BCUT2D eigenvalue weighted by Gasteiger charge is 2.24. The lowest BCUT2D eigenvalue weighted by Gasteiger charge is -2.17. The minimum Gasteiger partial charge on any atom is -0.478 e. The van der Waals surface area contributed by atoms with Gasteiger partial charge in [0.15, 0.2) is 0 Å². The molecule has 1 saturated heterocycles. The number of anilines is 1. The second-order valence-electron chi connectivity index (χ2n) is 4.44. The van der Waals surface area contributed by atoms with Crippen LogP contribution in [0.15, 0.2) is 18.2 Å². The lowest BCUT2D eigenvalue weighted by atomic mass is 10.1. The first-order chi connectivity index (χ1) is 9.52. The topological polar surface area (TPSA) is 83.9 Å². The van der Waals surface area contributed by atoms with Crippen LogP contribution in [0, 0.1) is 0 Å². The van der Waals surface area contributed by atoms with E-state index < -0.39 is 11.9 Å². The standard InChI is InChI=1S/C14H15NO5/c1-2-20-14(19)10-6-9(13(17)18)7-11(8-10)15-5-3-4-12(15)16/h6-8H,2-5H2,1H3,(H,17,18). The van der Waals surface area contributed by atoms with Gasteiger partial charge in [0, 0.05) is 18.7 Å². The molecular weight excluding hydrogens is 262 g/mol. The number of carbonyl (C=O) groups excluding carboxylic acids is 2. The van der Waals surface area contributed by atoms with Crippen LogP contribution >= 0.6 is 0 Å². The number of nitrogens with zero attached hydrogens (tertiary/aromatic N) is 1. The van der Waals surface area contributed by atoms with E-state index in [4.69, 9.17) is 9.84 Å². The highest BCUT2D eigenvalue weighted by molar-refractivity contribution is 6.00. The Labute approximate surface area is 115 Å². The molecule has 106 valence electrons. The fourth-order valence-electron chi connectivity index (χ4n) is 2.14. The Morgan fingerprint density at radius 1 is 1.30 bits per heavy atom. The van der Waals surface area contributed by atoms with Crippen molar-refractivity contribution in [2.45, 2.75) is 19.8 Å². The largest absolute Gasteiger partial charge is 0.478 e. The van der Waals surface area contributed by atoms with Crippen molar-refractivity contribution in [3.05, 3.63) is 29.3 Å². The zero-order valence-electron chi connectivity index (χ0n) is 11.1. The maximum Gasteiger partial charge on any atom is 0.338 e. The molecule has 0 aromatic heterocycles. The predicted molar refractivity (Wildman–Crippen MR) is 70.9 cm³/mol. The summed E-state index contributed by atoms with van der Waals surface area (Å²) >= 11 is 0. The van der Waals surface area contributed by atoms with Gasteiger partial charge in [0.2, 0.25) is 5.91 Å². The van der Waals surface area contributed by atoms with E-state index in [2.05, 4.69) is 0 Å². The second-order valence-corrected chi connectivity index (χ2v) is 4.44. The van der Waals surface area contributed by atoms with Crippen molar-refractivity contribution in [1.29, 1.82) is 0 Å². The van der Waals surface area contributed by atoms with Gasteiger partial charge in [-0.3, -0.25) is 4.79 Å². The van der Waals surface area contributed by atoms with E-state index >= 15 is 0 Å². The highest BCUT2D eigenvalue weighted by atomic mass is 16.5. The number of ether oxygens (including phenoxy) is 1. The van der Waals surface area contributed by atoms with Gasteiger partial charge >= 0.3 is 11.9 Å². The van der Waals surface area contributed by atoms with Crippen LogP contribution in [0.2, 0.25) is 0 Å². The molecule has 6 heteroatoms. The van der Waals surface area contributed by atoms with Crippen molar-refractivity contribution in [3.63, 3.8) is 0 Å². The molecule has 1 amide bonds. The summed E-state index contributed by atoms with van der Waals surface area (Å²) in [5.41, 5.74) is 0.530. The van der Waals surface area contributed by atoms with Gasteiger partial charge in [0.1, 0.15) is 0 Å². The van der Waals surface area contributed by atoms with E-state index in [1.165, 1.54) is 23.1 Å². The SMILES string of the molecule is CCOC(=O)c1cc(C(=O)O)cc(N2CCCC2=O)c1. The van der Waals surface area contributed by atoms with Crippen LogP contribution in [0.5, 0.6) is 0 Å². The summed E-state index contributed by atoms with van der Waals surface area (Å²) in [4.78, 5) is 36.1. The molecule has 1 aromatic carbocycles. The number of carboxylic acids is 1. The van der Waals surface area contributed by atoms with Crippen molar-refractivity contribution in [3.8, 4) is 0 Å². The monoisotopic (exact) mass is 277 g/mol. The molecule has 1 heterocycles. The number of esters is 1. The molecular formula is C14H15NO5. The fraction of sp³-hybridized carbons (Fsp3) is 0.357. The Balaban J connectivity index is 2.43. The van der Waals surface area contributed by atoms with Gasteiger partial charge in [-0.15, -0.1) is 0 Å². The number of amides is 1. The van der Waals surface area contributed by atoms with Crippen LogP contribution in [0.4, 0.5) is 5.69 Å². The first-order valence-electron chi connectivity index (χ1n) is 6.38. The average molecular weight is 277 g/mol. The Bertz CT molecular complexity index is 567. The van der Waals surface area contributed by atoms with E-state index in [-0.39, 0.29) is 23.6 Å². The highest BCUT2D eigenvalue weighted by Crippen LogP contribution is 2.24. The number of aromatic carboxylic acids is 1. The van der Waals surface area contributed by atoms with Crippen LogP contribution in [0.3, 0.4) is 0 Å². The van der Waals surface area contributed by atoms with E-state index in [0.29, 0.717) is 18.7 Å². The predicted octanol–water partition coefficient (Wildman–Crippen LogP) is 1.69. The smallest absolute Gasteiger partial charge is 0.338 e. The average Bonchev–Trinajstić information content (AvgIpc) is 2.84. The quantitative estimate of drug-likeness (QED) is 0.847. The first-order valence-corrected chi connectivity index (χ1v) is 6.38. The Morgan fingerprint density at radius 3 is 2.55 bits per heavy atom. The summed E-state index contributed by atoms with van der Waals surface area (Å²) in [7, 11) is 0. The third kappa shape index (κ3) is 2.79. The summed E-state index contributed by atoms with van der Waals surface area (Å²) in [6, 6.07) is 4.15. The van der Waals surface area contributed by atoms with Crippen molar-refractivity contribution in [2.75, 3.05) is 18.1 Å². The van der Waals surface area contributed by atoms with E-state index in [1.807, 2.05) is 0 Å². The minimum absolute atomic E-state index is 0.0368. The van der Waals surface area contributed by atoms with E-state index in [1.54, 1.807) is 6.92 Å². The van der Waals surface area contributed by atoms with Gasteiger partial charge in [-0.25, -0.2) is 9.59 Å². The van der Waals surface area contributed by atoms with Gasteiger partial charge in [-0.1, -0.05) is 0 Å². The lowest BCUT2D eigenvalue weighted by molar-refractivity contribution is -0.117. The van der Waals surface area contributed by atoms with Crippen molar-refractivity contribution < 1.29 is 24.2 Å². The zero-order valence-corrected chi connectivity index (χ0v) is 11.1. The van der Waals surface area contributed by atoms with Crippen LogP contribution in [-0.2, 0) is 9.53 Å². The molecule has 1 aromatic rings. The van der Waals surface area contributed by atoms with Gasteiger partial charge < -0.3 is 14.7 Å². The van der Waals surface area contributed by atoms with Crippen molar-refractivity contribution in [1.82, 2.24) is 0 Å². The molecule has 2 rings (SSSR count). The summed E-state index contributed by atoms with van der Waals surface area (Å²) in [5, 5.41) is 9.10. The molecule has 0 saturated carbocycles. The van der Waals surface area contributed by atoms with Crippen LogP contribution in [0.25, 0.3) is 0 Å². The van der Waals surface area contributed by atoms with Gasteiger partial charge in [-0.2, -0.15) is 0 Å². The van der Waals surface area contributed by atoms with E-state index in [0.717, 1.165) is 6.42 Å². The van der Waals surface area contributed by atoms with Crippen LogP contribution in [-0.4, -0.2) is 36.1 Å². The lowest BCUT2D eigenvalue weighted by Crippen LogP contribution is -2.24. The van der Waals surface area contributed by atoms with Crippen LogP contribution in [0.1, 0.15) is 40.5 Å². The molecule has 1 aliphatic rings.